The Bertz CT molecular complexity index is 821. The number of benzene rings is 1. The van der Waals surface area contributed by atoms with Gasteiger partial charge in [-0.2, -0.15) is 5.10 Å². The summed E-state index contributed by atoms with van der Waals surface area (Å²) in [5.74, 6) is 0.358. The van der Waals surface area contributed by atoms with Crippen LogP contribution in [0.2, 0.25) is 0 Å². The molecule has 0 aliphatic rings. The van der Waals surface area contributed by atoms with E-state index in [1.807, 2.05) is 31.2 Å². The van der Waals surface area contributed by atoms with Gasteiger partial charge in [-0.05, 0) is 24.6 Å². The normalized spacial score (nSPS) is 10.9. The quantitative estimate of drug-likeness (QED) is 0.692. The topological polar surface area (TPSA) is 66.2 Å². The van der Waals surface area contributed by atoms with Crippen molar-refractivity contribution in [3.8, 4) is 5.75 Å². The number of thiazole rings is 1. The van der Waals surface area contributed by atoms with Gasteiger partial charge in [0.15, 0.2) is 11.3 Å². The number of rotatable bonds is 4. The Morgan fingerprint density at radius 1 is 1.27 bits per heavy atom. The molecule has 0 aliphatic heterocycles. The molecule has 0 amide bonds. The first kappa shape index (κ1) is 14.5. The number of fused-ring (bicyclic) bond motifs is 1. The molecule has 1 aromatic carbocycles. The highest BCUT2D eigenvalue weighted by Crippen LogP contribution is 2.26. The van der Waals surface area contributed by atoms with Gasteiger partial charge < -0.3 is 9.47 Å². The van der Waals surface area contributed by atoms with Crippen LogP contribution in [-0.2, 0) is 11.3 Å². The standard InChI is InChI=1S/C15H15N3O3S/c1-9-16-14-13(22-9)12(15(19)21-3)17-18(14)8-10-4-6-11(20-2)7-5-10/h4-7H,8H2,1-3H3. The summed E-state index contributed by atoms with van der Waals surface area (Å²) in [6.45, 7) is 2.43. The number of aromatic nitrogens is 3. The number of methoxy groups -OCH3 is 2. The number of hydrogen-bond donors (Lipinski definition) is 0. The van der Waals surface area contributed by atoms with Crippen LogP contribution >= 0.6 is 11.3 Å². The van der Waals surface area contributed by atoms with Crippen LogP contribution in [0.1, 0.15) is 21.1 Å². The van der Waals surface area contributed by atoms with Crippen molar-refractivity contribution in [2.75, 3.05) is 14.2 Å². The highest BCUT2D eigenvalue weighted by atomic mass is 32.1. The minimum atomic E-state index is -0.442. The maximum Gasteiger partial charge on any atom is 0.360 e. The summed E-state index contributed by atoms with van der Waals surface area (Å²) in [5.41, 5.74) is 2.07. The van der Waals surface area contributed by atoms with E-state index in [4.69, 9.17) is 9.47 Å². The van der Waals surface area contributed by atoms with Gasteiger partial charge in [0.1, 0.15) is 10.4 Å². The lowest BCUT2D eigenvalue weighted by Gasteiger charge is -2.04. The summed E-state index contributed by atoms with van der Waals surface area (Å²) < 4.78 is 12.4. The zero-order valence-electron chi connectivity index (χ0n) is 12.5. The lowest BCUT2D eigenvalue weighted by atomic mass is 10.2. The second kappa shape index (κ2) is 5.76. The molecule has 7 heteroatoms. The summed E-state index contributed by atoms with van der Waals surface area (Å²) in [4.78, 5) is 16.3. The summed E-state index contributed by atoms with van der Waals surface area (Å²) >= 11 is 1.44. The fraction of sp³-hybridized carbons (Fsp3) is 0.267. The Kier molecular flexibility index (Phi) is 3.81. The number of nitrogens with zero attached hydrogens (tertiary/aromatic N) is 3. The Morgan fingerprint density at radius 3 is 2.64 bits per heavy atom. The highest BCUT2D eigenvalue weighted by molar-refractivity contribution is 7.18. The molecule has 3 aromatic rings. The summed E-state index contributed by atoms with van der Waals surface area (Å²) in [5, 5.41) is 5.25. The first-order chi connectivity index (χ1) is 10.6. The largest absolute Gasteiger partial charge is 0.497 e. The van der Waals surface area contributed by atoms with Crippen molar-refractivity contribution in [1.29, 1.82) is 0 Å². The molecule has 6 nitrogen and oxygen atoms in total. The van der Waals surface area contributed by atoms with E-state index in [0.717, 1.165) is 21.0 Å². The van der Waals surface area contributed by atoms with Crippen LogP contribution in [0.15, 0.2) is 24.3 Å². The summed E-state index contributed by atoms with van der Waals surface area (Å²) in [6.07, 6.45) is 0. The van der Waals surface area contributed by atoms with Crippen LogP contribution in [0.25, 0.3) is 10.3 Å². The number of carbonyl (C=O) groups excluding carboxylic acids is 1. The van der Waals surface area contributed by atoms with Gasteiger partial charge >= 0.3 is 5.97 Å². The van der Waals surface area contributed by atoms with Gasteiger partial charge in [0.2, 0.25) is 0 Å². The predicted octanol–water partition coefficient (Wildman–Crippen LogP) is 2.64. The molecular formula is C15H15N3O3S. The first-order valence-corrected chi connectivity index (χ1v) is 7.49. The molecule has 22 heavy (non-hydrogen) atoms. The van der Waals surface area contributed by atoms with Crippen LogP contribution in [0.5, 0.6) is 5.75 Å². The molecular weight excluding hydrogens is 302 g/mol. The van der Waals surface area contributed by atoms with E-state index in [9.17, 15) is 4.79 Å². The molecule has 114 valence electrons. The molecule has 2 aromatic heterocycles. The van der Waals surface area contributed by atoms with E-state index in [1.165, 1.54) is 18.4 Å². The van der Waals surface area contributed by atoms with Crippen LogP contribution in [0, 0.1) is 6.92 Å². The summed E-state index contributed by atoms with van der Waals surface area (Å²) in [6, 6.07) is 7.71. The Balaban J connectivity index is 2.00. The SMILES string of the molecule is COC(=O)c1nn(Cc2ccc(OC)cc2)c2nc(C)sc12. The molecule has 0 spiro atoms. The zero-order chi connectivity index (χ0) is 15.7. The zero-order valence-corrected chi connectivity index (χ0v) is 13.3. The van der Waals surface area contributed by atoms with E-state index >= 15 is 0 Å². The van der Waals surface area contributed by atoms with Crippen LogP contribution < -0.4 is 4.74 Å². The lowest BCUT2D eigenvalue weighted by Crippen LogP contribution is -2.06. The number of esters is 1. The Labute approximate surface area is 131 Å². The van der Waals surface area contributed by atoms with Crippen molar-refractivity contribution in [2.45, 2.75) is 13.5 Å². The number of hydrogen-bond acceptors (Lipinski definition) is 6. The van der Waals surface area contributed by atoms with Crippen molar-refractivity contribution in [2.24, 2.45) is 0 Å². The molecule has 3 rings (SSSR count). The molecule has 0 radical (unpaired) electrons. The number of ether oxygens (including phenoxy) is 2. The van der Waals surface area contributed by atoms with Crippen molar-refractivity contribution in [3.63, 3.8) is 0 Å². The minimum absolute atomic E-state index is 0.316. The van der Waals surface area contributed by atoms with Gasteiger partial charge in [-0.25, -0.2) is 14.5 Å². The molecule has 0 saturated heterocycles. The average molecular weight is 317 g/mol. The third kappa shape index (κ3) is 2.55. The molecule has 0 saturated carbocycles. The maximum atomic E-state index is 11.9. The van der Waals surface area contributed by atoms with Gasteiger partial charge in [-0.1, -0.05) is 12.1 Å². The van der Waals surface area contributed by atoms with Crippen molar-refractivity contribution < 1.29 is 14.3 Å². The Hall–Kier alpha value is -2.41. The van der Waals surface area contributed by atoms with E-state index < -0.39 is 5.97 Å². The predicted molar refractivity (Wildman–Crippen MR) is 83.6 cm³/mol. The second-order valence-corrected chi connectivity index (χ2v) is 5.93. The van der Waals surface area contributed by atoms with Crippen molar-refractivity contribution in [1.82, 2.24) is 14.8 Å². The first-order valence-electron chi connectivity index (χ1n) is 6.67. The van der Waals surface area contributed by atoms with Gasteiger partial charge in [0, 0.05) is 0 Å². The van der Waals surface area contributed by atoms with Gasteiger partial charge in [0.25, 0.3) is 0 Å². The molecule has 0 aliphatic carbocycles. The van der Waals surface area contributed by atoms with Gasteiger partial charge in [-0.3, -0.25) is 0 Å². The minimum Gasteiger partial charge on any atom is -0.497 e. The smallest absolute Gasteiger partial charge is 0.360 e. The fourth-order valence-corrected chi connectivity index (χ4v) is 3.09. The lowest BCUT2D eigenvalue weighted by molar-refractivity contribution is 0.0595. The van der Waals surface area contributed by atoms with E-state index in [-0.39, 0.29) is 0 Å². The van der Waals surface area contributed by atoms with Crippen LogP contribution in [0.3, 0.4) is 0 Å². The molecule has 0 N–H and O–H groups in total. The van der Waals surface area contributed by atoms with Crippen LogP contribution in [-0.4, -0.2) is 35.0 Å². The van der Waals surface area contributed by atoms with E-state index in [1.54, 1.807) is 11.8 Å². The van der Waals surface area contributed by atoms with Crippen LogP contribution in [0.4, 0.5) is 0 Å². The van der Waals surface area contributed by atoms with Gasteiger partial charge in [0.05, 0.1) is 25.8 Å². The second-order valence-electron chi connectivity index (χ2n) is 4.73. The fourth-order valence-electron chi connectivity index (χ4n) is 2.20. The molecule has 0 atom stereocenters. The Morgan fingerprint density at radius 2 is 2.00 bits per heavy atom. The maximum absolute atomic E-state index is 11.9. The molecule has 0 unspecified atom stereocenters. The molecule has 2 heterocycles. The van der Waals surface area contributed by atoms with Crippen molar-refractivity contribution >= 4 is 27.7 Å². The molecule has 0 bridgehead atoms. The number of aryl methyl sites for hydroxylation is 1. The van der Waals surface area contributed by atoms with E-state index in [0.29, 0.717) is 17.9 Å². The number of carbonyl (C=O) groups is 1. The van der Waals surface area contributed by atoms with E-state index in [2.05, 4.69) is 10.1 Å². The third-order valence-corrected chi connectivity index (χ3v) is 4.23. The summed E-state index contributed by atoms with van der Waals surface area (Å²) in [7, 11) is 2.98. The van der Waals surface area contributed by atoms with Gasteiger partial charge in [-0.15, -0.1) is 11.3 Å². The molecule has 0 fully saturated rings. The highest BCUT2D eigenvalue weighted by Gasteiger charge is 2.21. The third-order valence-electron chi connectivity index (χ3n) is 3.27. The van der Waals surface area contributed by atoms with Crippen molar-refractivity contribution in [3.05, 3.63) is 40.5 Å². The average Bonchev–Trinajstić information content (AvgIpc) is 3.06. The monoisotopic (exact) mass is 317 g/mol.